The minimum atomic E-state index is -0.150. The summed E-state index contributed by atoms with van der Waals surface area (Å²) < 4.78 is 0. The molecule has 3 aromatic rings. The first kappa shape index (κ1) is 16.1. The monoisotopic (exact) mass is 320 g/mol. The number of benzene rings is 2. The van der Waals surface area contributed by atoms with E-state index in [1.165, 1.54) is 10.5 Å². The molecule has 1 amide bonds. The minimum absolute atomic E-state index is 0.150. The third-order valence-electron chi connectivity index (χ3n) is 3.86. The molecule has 1 aromatic heterocycles. The van der Waals surface area contributed by atoms with Crippen LogP contribution >= 0.6 is 0 Å². The van der Waals surface area contributed by atoms with E-state index < -0.39 is 0 Å². The number of hydrogen-bond donors (Lipinski definition) is 2. The van der Waals surface area contributed by atoms with Gasteiger partial charge in [0, 0.05) is 17.5 Å². The number of rotatable bonds is 5. The SMILES string of the molecule is C[NH+](C)Cc1ccc(CNC(=O)c2ccc3ccccc3n2)cc1. The smallest absolute Gasteiger partial charge is 0.270 e. The molecule has 1 heterocycles. The summed E-state index contributed by atoms with van der Waals surface area (Å²) in [4.78, 5) is 18.1. The lowest BCUT2D eigenvalue weighted by Crippen LogP contribution is -3.04. The lowest BCUT2D eigenvalue weighted by Gasteiger charge is -2.09. The number of nitrogens with zero attached hydrogens (tertiary/aromatic N) is 1. The van der Waals surface area contributed by atoms with Crippen molar-refractivity contribution in [2.24, 2.45) is 0 Å². The van der Waals surface area contributed by atoms with Crippen LogP contribution in [0.15, 0.2) is 60.7 Å². The molecule has 2 aromatic carbocycles. The standard InChI is InChI=1S/C20H21N3O/c1-23(2)14-16-9-7-15(8-10-16)13-21-20(24)19-12-11-17-5-3-4-6-18(17)22-19/h3-12H,13-14H2,1-2H3,(H,21,24)/p+1. The summed E-state index contributed by atoms with van der Waals surface area (Å²) in [6.07, 6.45) is 0. The molecule has 3 rings (SSSR count). The Morgan fingerprint density at radius 1 is 0.958 bits per heavy atom. The van der Waals surface area contributed by atoms with E-state index in [1.54, 1.807) is 6.07 Å². The van der Waals surface area contributed by atoms with Crippen LogP contribution < -0.4 is 10.2 Å². The summed E-state index contributed by atoms with van der Waals surface area (Å²) in [6.45, 7) is 1.50. The van der Waals surface area contributed by atoms with Gasteiger partial charge in [-0.1, -0.05) is 48.5 Å². The zero-order valence-corrected chi connectivity index (χ0v) is 14.0. The van der Waals surface area contributed by atoms with Crippen molar-refractivity contribution in [3.8, 4) is 0 Å². The second-order valence-electron chi connectivity index (χ2n) is 6.27. The molecule has 122 valence electrons. The van der Waals surface area contributed by atoms with Crippen molar-refractivity contribution >= 4 is 16.8 Å². The van der Waals surface area contributed by atoms with Crippen LogP contribution in [-0.2, 0) is 13.1 Å². The predicted octanol–water partition coefficient (Wildman–Crippen LogP) is 1.81. The molecule has 0 radical (unpaired) electrons. The number of nitrogens with one attached hydrogen (secondary N) is 2. The van der Waals surface area contributed by atoms with Crippen LogP contribution in [0.3, 0.4) is 0 Å². The van der Waals surface area contributed by atoms with Crippen LogP contribution in [0.2, 0.25) is 0 Å². The van der Waals surface area contributed by atoms with E-state index in [1.807, 2.05) is 30.3 Å². The molecule has 4 heteroatoms. The Balaban J connectivity index is 1.63. The van der Waals surface area contributed by atoms with Gasteiger partial charge < -0.3 is 10.2 Å². The number of pyridine rings is 1. The third-order valence-corrected chi connectivity index (χ3v) is 3.86. The molecule has 24 heavy (non-hydrogen) atoms. The Kier molecular flexibility index (Phi) is 4.87. The molecule has 0 atom stereocenters. The van der Waals surface area contributed by atoms with Gasteiger partial charge in [0.05, 0.1) is 19.6 Å². The minimum Gasteiger partial charge on any atom is -0.347 e. The summed E-state index contributed by atoms with van der Waals surface area (Å²) in [6, 6.07) is 19.8. The number of carbonyl (C=O) groups excluding carboxylic acids is 1. The maximum atomic E-state index is 12.3. The molecular formula is C20H22N3O+. The summed E-state index contributed by atoms with van der Waals surface area (Å²) in [7, 11) is 4.26. The molecule has 0 fully saturated rings. The van der Waals surface area contributed by atoms with Gasteiger partial charge in [-0.05, 0) is 17.7 Å². The highest BCUT2D eigenvalue weighted by atomic mass is 16.1. The van der Waals surface area contributed by atoms with Crippen molar-refractivity contribution in [1.82, 2.24) is 10.3 Å². The van der Waals surface area contributed by atoms with Gasteiger partial charge in [-0.25, -0.2) is 4.98 Å². The van der Waals surface area contributed by atoms with E-state index in [0.717, 1.165) is 23.0 Å². The highest BCUT2D eigenvalue weighted by molar-refractivity contribution is 5.94. The van der Waals surface area contributed by atoms with E-state index in [4.69, 9.17) is 0 Å². The van der Waals surface area contributed by atoms with Crippen molar-refractivity contribution in [3.63, 3.8) is 0 Å². The molecule has 0 spiro atoms. The van der Waals surface area contributed by atoms with E-state index in [2.05, 4.69) is 48.7 Å². The van der Waals surface area contributed by atoms with Gasteiger partial charge in [-0.2, -0.15) is 0 Å². The van der Waals surface area contributed by atoms with Gasteiger partial charge in [0.2, 0.25) is 0 Å². The summed E-state index contributed by atoms with van der Waals surface area (Å²) >= 11 is 0. The molecule has 0 aliphatic rings. The van der Waals surface area contributed by atoms with Crippen LogP contribution in [0.4, 0.5) is 0 Å². The van der Waals surface area contributed by atoms with E-state index >= 15 is 0 Å². The first-order chi connectivity index (χ1) is 11.6. The van der Waals surface area contributed by atoms with Crippen molar-refractivity contribution in [3.05, 3.63) is 77.5 Å². The molecule has 0 aliphatic heterocycles. The predicted molar refractivity (Wildman–Crippen MR) is 95.9 cm³/mol. The van der Waals surface area contributed by atoms with Crippen molar-refractivity contribution < 1.29 is 9.69 Å². The van der Waals surface area contributed by atoms with Gasteiger partial charge in [0.25, 0.3) is 5.91 Å². The number of para-hydroxylation sites is 1. The zero-order valence-electron chi connectivity index (χ0n) is 14.0. The number of carbonyl (C=O) groups is 1. The lowest BCUT2D eigenvalue weighted by molar-refractivity contribution is -0.872. The maximum absolute atomic E-state index is 12.3. The molecule has 0 bridgehead atoms. The van der Waals surface area contributed by atoms with Crippen molar-refractivity contribution in [2.75, 3.05) is 14.1 Å². The Bertz CT molecular complexity index is 841. The van der Waals surface area contributed by atoms with Crippen LogP contribution in [0.25, 0.3) is 10.9 Å². The highest BCUT2D eigenvalue weighted by Gasteiger charge is 2.08. The fourth-order valence-electron chi connectivity index (χ4n) is 2.65. The Hall–Kier alpha value is -2.72. The molecule has 4 nitrogen and oxygen atoms in total. The molecule has 0 unspecified atom stereocenters. The van der Waals surface area contributed by atoms with E-state index in [0.29, 0.717) is 12.2 Å². The molecule has 0 saturated heterocycles. The van der Waals surface area contributed by atoms with Gasteiger partial charge >= 0.3 is 0 Å². The first-order valence-corrected chi connectivity index (χ1v) is 8.12. The van der Waals surface area contributed by atoms with Gasteiger partial charge in [0.15, 0.2) is 0 Å². The molecule has 0 saturated carbocycles. The highest BCUT2D eigenvalue weighted by Crippen LogP contribution is 2.12. The molecule has 0 aliphatic carbocycles. The second-order valence-corrected chi connectivity index (χ2v) is 6.27. The van der Waals surface area contributed by atoms with Crippen LogP contribution in [0.5, 0.6) is 0 Å². The fourth-order valence-corrected chi connectivity index (χ4v) is 2.65. The third kappa shape index (κ3) is 3.97. The van der Waals surface area contributed by atoms with Gasteiger partial charge in [0.1, 0.15) is 12.2 Å². The zero-order chi connectivity index (χ0) is 16.9. The summed E-state index contributed by atoms with van der Waals surface area (Å²) in [5.74, 6) is -0.150. The number of quaternary nitrogens is 1. The average molecular weight is 320 g/mol. The Morgan fingerprint density at radius 2 is 1.67 bits per heavy atom. The Labute approximate surface area is 142 Å². The van der Waals surface area contributed by atoms with Crippen LogP contribution in [0, 0.1) is 0 Å². The summed E-state index contributed by atoms with van der Waals surface area (Å²) in [5.41, 5.74) is 3.66. The maximum Gasteiger partial charge on any atom is 0.270 e. The fraction of sp³-hybridized carbons (Fsp3) is 0.200. The molecular weight excluding hydrogens is 298 g/mol. The van der Waals surface area contributed by atoms with Gasteiger partial charge in [-0.3, -0.25) is 4.79 Å². The largest absolute Gasteiger partial charge is 0.347 e. The van der Waals surface area contributed by atoms with Crippen LogP contribution in [-0.4, -0.2) is 25.0 Å². The quantitative estimate of drug-likeness (QED) is 0.753. The summed E-state index contributed by atoms with van der Waals surface area (Å²) in [5, 5.41) is 3.97. The number of amides is 1. The van der Waals surface area contributed by atoms with Crippen molar-refractivity contribution in [1.29, 1.82) is 0 Å². The van der Waals surface area contributed by atoms with Crippen LogP contribution in [0.1, 0.15) is 21.6 Å². The number of hydrogen-bond acceptors (Lipinski definition) is 2. The number of aromatic nitrogens is 1. The normalized spacial score (nSPS) is 11.0. The van der Waals surface area contributed by atoms with Gasteiger partial charge in [-0.15, -0.1) is 0 Å². The topological polar surface area (TPSA) is 46.4 Å². The molecule has 2 N–H and O–H groups in total. The van der Waals surface area contributed by atoms with E-state index in [9.17, 15) is 4.79 Å². The average Bonchev–Trinajstić information content (AvgIpc) is 2.60. The number of fused-ring (bicyclic) bond motifs is 1. The Morgan fingerprint density at radius 3 is 2.42 bits per heavy atom. The lowest BCUT2D eigenvalue weighted by atomic mass is 10.1. The van der Waals surface area contributed by atoms with E-state index in [-0.39, 0.29) is 5.91 Å². The second kappa shape index (κ2) is 7.23. The first-order valence-electron chi connectivity index (χ1n) is 8.12. The van der Waals surface area contributed by atoms with Crippen molar-refractivity contribution in [2.45, 2.75) is 13.1 Å².